The maximum atomic E-state index is 15.3. The number of aromatic nitrogens is 2. The highest BCUT2D eigenvalue weighted by Gasteiger charge is 2.43. The van der Waals surface area contributed by atoms with Crippen LogP contribution in [-0.2, 0) is 11.3 Å². The van der Waals surface area contributed by atoms with Crippen molar-refractivity contribution in [2.45, 2.75) is 36.9 Å². The van der Waals surface area contributed by atoms with Crippen molar-refractivity contribution < 1.29 is 28.2 Å². The highest BCUT2D eigenvalue weighted by atomic mass is 35.5. The van der Waals surface area contributed by atoms with Gasteiger partial charge in [-0.2, -0.15) is 0 Å². The molecule has 1 aromatic heterocycles. The molecule has 4 aliphatic rings. The van der Waals surface area contributed by atoms with Crippen LogP contribution in [0.15, 0.2) is 60.7 Å². The highest BCUT2D eigenvalue weighted by molar-refractivity contribution is 6.41. The summed E-state index contributed by atoms with van der Waals surface area (Å²) < 4.78 is 44.6. The number of ether oxygens (including phenoxy) is 2. The number of hydrogen-bond donors (Lipinski definition) is 1. The van der Waals surface area contributed by atoms with Crippen LogP contribution in [0.3, 0.4) is 0 Å². The van der Waals surface area contributed by atoms with Gasteiger partial charge in [-0.3, -0.25) is 4.90 Å². The Kier molecular flexibility index (Phi) is 7.59. The summed E-state index contributed by atoms with van der Waals surface area (Å²) in [5.74, 6) is -0.0954. The van der Waals surface area contributed by atoms with E-state index in [-0.39, 0.29) is 31.8 Å². The maximum absolute atomic E-state index is 15.3. The van der Waals surface area contributed by atoms with Crippen molar-refractivity contribution in [3.63, 3.8) is 0 Å². The molecule has 4 atom stereocenters. The van der Waals surface area contributed by atoms with Gasteiger partial charge in [0.05, 0.1) is 40.5 Å². The standard InChI is InChI=1S/C34H33ClF2N4O4Si/c35-20-5-6-21(24(36)15-20)30-16-25(37)22-2-1-3-27(32(22)45-30)40-11-9-39(10-12-40)17-31-38-26-7-4-19(34(42)43)14-28(26)41(31)33-23(18-46-33)29-8-13-44-29/h1-7,14-16,23,29-30,33H,8-13,17-18,46H2,(H,42,43)/t23?,29?,30?,33-/m1/s1. The first-order valence-corrected chi connectivity index (χ1v) is 18.0. The molecule has 8 rings (SSSR count). The number of carbonyl (C=O) groups is 1. The van der Waals surface area contributed by atoms with Crippen LogP contribution in [0, 0.1) is 11.7 Å². The molecule has 8 nitrogen and oxygen atoms in total. The molecule has 0 spiro atoms. The summed E-state index contributed by atoms with van der Waals surface area (Å²) in [6.07, 6.45) is 1.76. The van der Waals surface area contributed by atoms with Gasteiger partial charge in [-0.05, 0) is 60.9 Å². The first-order valence-electron chi connectivity index (χ1n) is 15.8. The molecular formula is C34H33ClF2N4O4Si. The van der Waals surface area contributed by atoms with E-state index in [0.717, 1.165) is 48.7 Å². The Morgan fingerprint density at radius 1 is 1.09 bits per heavy atom. The molecule has 3 fully saturated rings. The fourth-order valence-corrected chi connectivity index (χ4v) is 9.83. The summed E-state index contributed by atoms with van der Waals surface area (Å²) in [5, 5.41) is 9.96. The molecule has 3 aromatic carbocycles. The number of rotatable bonds is 7. The largest absolute Gasteiger partial charge is 0.478 e. The number of halogens is 3. The van der Waals surface area contributed by atoms with Crippen LogP contribution in [0.25, 0.3) is 16.9 Å². The summed E-state index contributed by atoms with van der Waals surface area (Å²) >= 11 is 5.94. The van der Waals surface area contributed by atoms with Crippen molar-refractivity contribution in [1.29, 1.82) is 0 Å². The normalized spacial score (nSPS) is 25.0. The summed E-state index contributed by atoms with van der Waals surface area (Å²) in [4.78, 5) is 21.4. The van der Waals surface area contributed by atoms with Crippen molar-refractivity contribution >= 4 is 49.6 Å². The third-order valence-corrected chi connectivity index (χ3v) is 12.8. The lowest BCUT2D eigenvalue weighted by molar-refractivity contribution is -0.0906. The predicted octanol–water partition coefficient (Wildman–Crippen LogP) is 5.80. The molecular weight excluding hydrogens is 630 g/mol. The molecule has 4 aromatic rings. The number of carboxylic acid groups (broad SMARTS) is 1. The minimum Gasteiger partial charge on any atom is -0.478 e. The number of benzene rings is 3. The molecule has 4 aliphatic heterocycles. The second kappa shape index (κ2) is 11.8. The minimum absolute atomic E-state index is 0.226. The van der Waals surface area contributed by atoms with Crippen LogP contribution in [0.4, 0.5) is 14.5 Å². The van der Waals surface area contributed by atoms with E-state index in [4.69, 9.17) is 26.1 Å². The van der Waals surface area contributed by atoms with E-state index in [2.05, 4.69) is 14.4 Å². The van der Waals surface area contributed by atoms with Gasteiger partial charge in [0.1, 0.15) is 23.6 Å². The van der Waals surface area contributed by atoms with Gasteiger partial charge in [0.15, 0.2) is 5.75 Å². The van der Waals surface area contributed by atoms with Crippen LogP contribution >= 0.6 is 11.6 Å². The Balaban J connectivity index is 1.02. The number of nitrogens with zero attached hydrogens (tertiary/aromatic N) is 4. The summed E-state index contributed by atoms with van der Waals surface area (Å²) in [7, 11) is -0.390. The molecule has 238 valence electrons. The third kappa shape index (κ3) is 5.19. The average Bonchev–Trinajstić information content (AvgIpc) is 3.34. The Morgan fingerprint density at radius 2 is 1.91 bits per heavy atom. The topological polar surface area (TPSA) is 80.1 Å². The summed E-state index contributed by atoms with van der Waals surface area (Å²) in [6.45, 7) is 4.33. The van der Waals surface area contributed by atoms with Crippen LogP contribution in [0.5, 0.6) is 5.75 Å². The quantitative estimate of drug-likeness (QED) is 0.251. The van der Waals surface area contributed by atoms with E-state index >= 15 is 4.39 Å². The number of piperazine rings is 1. The van der Waals surface area contributed by atoms with Crippen molar-refractivity contribution in [1.82, 2.24) is 14.5 Å². The molecule has 0 radical (unpaired) electrons. The van der Waals surface area contributed by atoms with Gasteiger partial charge in [0.2, 0.25) is 0 Å². The summed E-state index contributed by atoms with van der Waals surface area (Å²) in [6, 6.07) is 16.2. The second-order valence-electron chi connectivity index (χ2n) is 12.5. The van der Waals surface area contributed by atoms with Gasteiger partial charge in [-0.25, -0.2) is 18.6 Å². The first-order chi connectivity index (χ1) is 22.3. The Hall–Kier alpha value is -3.77. The third-order valence-electron chi connectivity index (χ3n) is 9.98. The zero-order valence-corrected chi connectivity index (χ0v) is 27.2. The molecule has 0 aliphatic carbocycles. The number of imidazole rings is 1. The smallest absolute Gasteiger partial charge is 0.335 e. The number of fused-ring (bicyclic) bond motifs is 2. The minimum atomic E-state index is -0.941. The van der Waals surface area contributed by atoms with Gasteiger partial charge in [-0.1, -0.05) is 29.8 Å². The number of anilines is 1. The SMILES string of the molecule is O=C(O)c1ccc2nc(CN3CCN(c4cccc5c4OC(c4ccc(Cl)cc4F)C=C5F)CC3)n([C@@H]3[SiH2]CC3C3CCO3)c2c1. The molecule has 1 N–H and O–H groups in total. The van der Waals surface area contributed by atoms with E-state index in [1.807, 2.05) is 18.2 Å². The van der Waals surface area contributed by atoms with E-state index in [1.165, 1.54) is 24.3 Å². The van der Waals surface area contributed by atoms with Gasteiger partial charge >= 0.3 is 5.97 Å². The lowest BCUT2D eigenvalue weighted by atomic mass is 9.96. The van der Waals surface area contributed by atoms with Crippen LogP contribution in [-0.4, -0.2) is 73.9 Å². The Labute approximate surface area is 272 Å². The molecule has 12 heteroatoms. The summed E-state index contributed by atoms with van der Waals surface area (Å²) in [5.41, 5.74) is 3.71. The molecule has 0 bridgehead atoms. The fourth-order valence-electron chi connectivity index (χ4n) is 7.31. The lowest BCUT2D eigenvalue weighted by Crippen LogP contribution is -2.49. The zero-order valence-electron chi connectivity index (χ0n) is 25.0. The second-order valence-corrected chi connectivity index (χ2v) is 15.0. The lowest BCUT2D eigenvalue weighted by Gasteiger charge is -2.46. The number of hydrogen-bond acceptors (Lipinski definition) is 6. The van der Waals surface area contributed by atoms with Crippen molar-refractivity contribution in [2.24, 2.45) is 5.92 Å². The highest BCUT2D eigenvalue weighted by Crippen LogP contribution is 2.45. The average molecular weight is 663 g/mol. The van der Waals surface area contributed by atoms with Gasteiger partial charge < -0.3 is 24.0 Å². The zero-order chi connectivity index (χ0) is 31.5. The first kappa shape index (κ1) is 29.6. The number of aromatic carboxylic acids is 1. The van der Waals surface area contributed by atoms with Crippen molar-refractivity contribution in [2.75, 3.05) is 37.7 Å². The van der Waals surface area contributed by atoms with Crippen LogP contribution in [0.2, 0.25) is 11.1 Å². The van der Waals surface area contributed by atoms with Crippen molar-refractivity contribution in [3.05, 3.63) is 94.0 Å². The Morgan fingerprint density at radius 3 is 2.61 bits per heavy atom. The predicted molar refractivity (Wildman–Crippen MR) is 175 cm³/mol. The van der Waals surface area contributed by atoms with Gasteiger partial charge in [0, 0.05) is 58.6 Å². The fraction of sp³-hybridized carbons (Fsp3) is 0.353. The van der Waals surface area contributed by atoms with E-state index in [9.17, 15) is 14.3 Å². The van der Waals surface area contributed by atoms with E-state index in [0.29, 0.717) is 42.5 Å². The van der Waals surface area contributed by atoms with E-state index in [1.54, 1.807) is 24.3 Å². The van der Waals surface area contributed by atoms with Crippen LogP contribution in [0.1, 0.15) is 45.5 Å². The molecule has 5 heterocycles. The van der Waals surface area contributed by atoms with Crippen molar-refractivity contribution in [3.8, 4) is 5.75 Å². The number of para-hydroxylation sites is 1. The maximum Gasteiger partial charge on any atom is 0.335 e. The Bertz CT molecular complexity index is 1870. The molecule has 0 amide bonds. The van der Waals surface area contributed by atoms with Gasteiger partial charge in [0.25, 0.3) is 0 Å². The molecule has 3 unspecified atom stereocenters. The molecule has 3 saturated heterocycles. The number of carboxylic acids is 1. The van der Waals surface area contributed by atoms with Crippen LogP contribution < -0.4 is 9.64 Å². The van der Waals surface area contributed by atoms with E-state index < -0.39 is 23.7 Å². The van der Waals surface area contributed by atoms with Gasteiger partial charge in [-0.15, -0.1) is 0 Å². The molecule has 0 saturated carbocycles. The molecule has 46 heavy (non-hydrogen) atoms. The monoisotopic (exact) mass is 662 g/mol.